The van der Waals surface area contributed by atoms with Gasteiger partial charge in [-0.05, 0) is 45.7 Å². The smallest absolute Gasteiger partial charge is 0.114 e. The Morgan fingerprint density at radius 2 is 1.89 bits per heavy atom. The summed E-state index contributed by atoms with van der Waals surface area (Å²) < 4.78 is 0. The Hall–Kier alpha value is -1.19. The minimum Gasteiger partial charge on any atom is -0.302 e. The van der Waals surface area contributed by atoms with E-state index in [-0.39, 0.29) is 6.04 Å². The van der Waals surface area contributed by atoms with Gasteiger partial charge in [-0.15, -0.1) is 11.3 Å². The predicted molar refractivity (Wildman–Crippen MR) is 82.9 cm³/mol. The Morgan fingerprint density at radius 3 is 2.42 bits per heavy atom. The quantitative estimate of drug-likeness (QED) is 0.905. The second kappa shape index (κ2) is 5.85. The van der Waals surface area contributed by atoms with Crippen LogP contribution in [-0.4, -0.2) is 11.0 Å². The van der Waals surface area contributed by atoms with Crippen LogP contribution in [0.4, 0.5) is 0 Å². The fourth-order valence-corrected chi connectivity index (χ4v) is 3.15. The molecule has 0 aliphatic rings. The summed E-state index contributed by atoms with van der Waals surface area (Å²) in [6.07, 6.45) is 0. The molecule has 1 atom stereocenters. The molecular formula is C16H22N2S. The molecule has 3 heteroatoms. The summed E-state index contributed by atoms with van der Waals surface area (Å²) in [6.45, 7) is 10.7. The van der Waals surface area contributed by atoms with Crippen LogP contribution in [0, 0.1) is 20.8 Å². The first-order valence-electron chi connectivity index (χ1n) is 6.72. The lowest BCUT2D eigenvalue weighted by atomic mass is 9.99. The standard InChI is InChI=1S/C16H22N2S/c1-10(2)17-15(16-18-13(5)9-19-16)14-7-6-11(3)8-12(14)4/h6-10,15,17H,1-5H3. The molecule has 1 heterocycles. The van der Waals surface area contributed by atoms with Crippen molar-refractivity contribution in [2.75, 3.05) is 0 Å². The molecule has 102 valence electrons. The Balaban J connectivity index is 2.42. The molecule has 0 aliphatic heterocycles. The van der Waals surface area contributed by atoms with Gasteiger partial charge in [0.15, 0.2) is 0 Å². The minimum atomic E-state index is 0.194. The average molecular weight is 274 g/mol. The molecule has 1 aromatic heterocycles. The van der Waals surface area contributed by atoms with E-state index in [1.807, 2.05) is 0 Å². The molecule has 0 radical (unpaired) electrons. The van der Waals surface area contributed by atoms with E-state index >= 15 is 0 Å². The molecule has 2 rings (SSSR count). The number of hydrogen-bond acceptors (Lipinski definition) is 3. The van der Waals surface area contributed by atoms with E-state index in [0.717, 1.165) is 10.7 Å². The lowest BCUT2D eigenvalue weighted by Crippen LogP contribution is -2.29. The second-order valence-corrected chi connectivity index (χ2v) is 6.33. The molecule has 2 nitrogen and oxygen atoms in total. The van der Waals surface area contributed by atoms with Crippen LogP contribution >= 0.6 is 11.3 Å². The van der Waals surface area contributed by atoms with Gasteiger partial charge in [-0.3, -0.25) is 0 Å². The lowest BCUT2D eigenvalue weighted by Gasteiger charge is -2.22. The highest BCUT2D eigenvalue weighted by atomic mass is 32.1. The zero-order valence-corrected chi connectivity index (χ0v) is 13.1. The Kier molecular flexibility index (Phi) is 4.38. The first-order valence-corrected chi connectivity index (χ1v) is 7.60. The summed E-state index contributed by atoms with van der Waals surface area (Å²) in [5.41, 5.74) is 5.06. The van der Waals surface area contributed by atoms with Crippen LogP contribution in [0.2, 0.25) is 0 Å². The number of aromatic nitrogens is 1. The van der Waals surface area contributed by atoms with Gasteiger partial charge in [0.25, 0.3) is 0 Å². The van der Waals surface area contributed by atoms with Crippen LogP contribution in [-0.2, 0) is 0 Å². The summed E-state index contributed by atoms with van der Waals surface area (Å²) >= 11 is 1.73. The third-order valence-electron chi connectivity index (χ3n) is 3.12. The van der Waals surface area contributed by atoms with Gasteiger partial charge < -0.3 is 5.32 Å². The third kappa shape index (κ3) is 3.43. The van der Waals surface area contributed by atoms with E-state index in [0.29, 0.717) is 6.04 Å². The van der Waals surface area contributed by atoms with E-state index < -0.39 is 0 Å². The highest BCUT2D eigenvalue weighted by Gasteiger charge is 2.19. The van der Waals surface area contributed by atoms with E-state index in [2.05, 4.69) is 68.5 Å². The third-order valence-corrected chi connectivity index (χ3v) is 4.15. The van der Waals surface area contributed by atoms with Crippen LogP contribution < -0.4 is 5.32 Å². The van der Waals surface area contributed by atoms with Gasteiger partial charge in [-0.25, -0.2) is 4.98 Å². The fourth-order valence-electron chi connectivity index (χ4n) is 2.28. The summed E-state index contributed by atoms with van der Waals surface area (Å²) in [5, 5.41) is 6.90. The molecule has 0 amide bonds. The predicted octanol–water partition coefficient (Wildman–Crippen LogP) is 4.16. The van der Waals surface area contributed by atoms with E-state index in [1.165, 1.54) is 16.7 Å². The minimum absolute atomic E-state index is 0.194. The summed E-state index contributed by atoms with van der Waals surface area (Å²) in [6, 6.07) is 7.26. The van der Waals surface area contributed by atoms with Crippen molar-refractivity contribution in [3.05, 3.63) is 51.0 Å². The molecular weight excluding hydrogens is 252 g/mol. The van der Waals surface area contributed by atoms with Crippen molar-refractivity contribution in [1.82, 2.24) is 10.3 Å². The van der Waals surface area contributed by atoms with Gasteiger partial charge in [-0.2, -0.15) is 0 Å². The molecule has 1 unspecified atom stereocenters. The summed E-state index contributed by atoms with van der Waals surface area (Å²) in [4.78, 5) is 4.66. The first-order chi connectivity index (χ1) is 8.97. The second-order valence-electron chi connectivity index (χ2n) is 5.44. The SMILES string of the molecule is Cc1ccc(C(NC(C)C)c2nc(C)cs2)c(C)c1. The van der Waals surface area contributed by atoms with Crippen molar-refractivity contribution in [3.8, 4) is 0 Å². The van der Waals surface area contributed by atoms with Gasteiger partial charge >= 0.3 is 0 Å². The Bertz CT molecular complexity index is 558. The van der Waals surface area contributed by atoms with Crippen molar-refractivity contribution in [2.24, 2.45) is 0 Å². The lowest BCUT2D eigenvalue weighted by molar-refractivity contribution is 0.525. The number of hydrogen-bond donors (Lipinski definition) is 1. The van der Waals surface area contributed by atoms with E-state index in [4.69, 9.17) is 0 Å². The molecule has 0 saturated carbocycles. The molecule has 0 fully saturated rings. The maximum atomic E-state index is 4.66. The number of thiazole rings is 1. The van der Waals surface area contributed by atoms with Gasteiger partial charge in [0, 0.05) is 17.1 Å². The largest absolute Gasteiger partial charge is 0.302 e. The maximum Gasteiger partial charge on any atom is 0.114 e. The van der Waals surface area contributed by atoms with Gasteiger partial charge in [0.1, 0.15) is 5.01 Å². The number of rotatable bonds is 4. The average Bonchev–Trinajstić information content (AvgIpc) is 2.73. The normalized spacial score (nSPS) is 12.9. The van der Waals surface area contributed by atoms with Gasteiger partial charge in [0.2, 0.25) is 0 Å². The zero-order chi connectivity index (χ0) is 14.0. The summed E-state index contributed by atoms with van der Waals surface area (Å²) in [5.74, 6) is 0. The van der Waals surface area contributed by atoms with Crippen molar-refractivity contribution >= 4 is 11.3 Å². The Morgan fingerprint density at radius 1 is 1.16 bits per heavy atom. The van der Waals surface area contributed by atoms with Crippen molar-refractivity contribution in [2.45, 2.75) is 46.7 Å². The maximum absolute atomic E-state index is 4.66. The Labute approximate surface area is 119 Å². The highest BCUT2D eigenvalue weighted by Crippen LogP contribution is 2.28. The van der Waals surface area contributed by atoms with Crippen LogP contribution in [0.25, 0.3) is 0 Å². The van der Waals surface area contributed by atoms with E-state index in [9.17, 15) is 0 Å². The van der Waals surface area contributed by atoms with Gasteiger partial charge in [0.05, 0.1) is 6.04 Å². The number of nitrogens with one attached hydrogen (secondary N) is 1. The molecule has 19 heavy (non-hydrogen) atoms. The summed E-state index contributed by atoms with van der Waals surface area (Å²) in [7, 11) is 0. The van der Waals surface area contributed by atoms with Crippen molar-refractivity contribution in [1.29, 1.82) is 0 Å². The first kappa shape index (κ1) is 14.2. The molecule has 1 aromatic carbocycles. The van der Waals surface area contributed by atoms with Crippen LogP contribution in [0.1, 0.15) is 47.3 Å². The fraction of sp³-hybridized carbons (Fsp3) is 0.438. The number of benzene rings is 1. The molecule has 2 aromatic rings. The monoisotopic (exact) mass is 274 g/mol. The van der Waals surface area contributed by atoms with E-state index in [1.54, 1.807) is 11.3 Å². The van der Waals surface area contributed by atoms with Crippen LogP contribution in [0.15, 0.2) is 23.6 Å². The molecule has 1 N–H and O–H groups in total. The van der Waals surface area contributed by atoms with Gasteiger partial charge in [-0.1, -0.05) is 23.8 Å². The molecule has 0 aliphatic carbocycles. The van der Waals surface area contributed by atoms with Crippen LogP contribution in [0.5, 0.6) is 0 Å². The zero-order valence-electron chi connectivity index (χ0n) is 12.3. The number of aryl methyl sites for hydroxylation is 3. The van der Waals surface area contributed by atoms with Crippen LogP contribution in [0.3, 0.4) is 0 Å². The molecule has 0 spiro atoms. The molecule has 0 saturated heterocycles. The highest BCUT2D eigenvalue weighted by molar-refractivity contribution is 7.09. The number of nitrogens with zero attached hydrogens (tertiary/aromatic N) is 1. The topological polar surface area (TPSA) is 24.9 Å². The van der Waals surface area contributed by atoms with Crippen molar-refractivity contribution < 1.29 is 0 Å². The molecule has 0 bridgehead atoms. The van der Waals surface area contributed by atoms with Crippen molar-refractivity contribution in [3.63, 3.8) is 0 Å².